The summed E-state index contributed by atoms with van der Waals surface area (Å²) in [4.78, 5) is 22.6. The molecule has 3 heterocycles. The predicted molar refractivity (Wildman–Crippen MR) is 142 cm³/mol. The van der Waals surface area contributed by atoms with Gasteiger partial charge in [0.15, 0.2) is 0 Å². The molecule has 0 spiro atoms. The van der Waals surface area contributed by atoms with E-state index in [9.17, 15) is 4.79 Å². The molecular weight excluding hydrogens is 446 g/mol. The van der Waals surface area contributed by atoms with E-state index in [1.807, 2.05) is 25.1 Å². The van der Waals surface area contributed by atoms with Crippen molar-refractivity contribution in [3.8, 4) is 0 Å². The van der Waals surface area contributed by atoms with Crippen molar-refractivity contribution >= 4 is 57.0 Å². The summed E-state index contributed by atoms with van der Waals surface area (Å²) < 4.78 is 0.630. The SMILES string of the molecule is CCN1C(=O)/C(=C/c2cc3ccccc3nc2N2CCC(Cc3ccccc3)CC2)SC1=S. The topological polar surface area (TPSA) is 36.4 Å². The molecule has 0 saturated carbocycles. The molecule has 0 atom stereocenters. The zero-order valence-corrected chi connectivity index (χ0v) is 20.4. The molecule has 2 fully saturated rings. The monoisotopic (exact) mass is 473 g/mol. The molecule has 2 aliphatic rings. The van der Waals surface area contributed by atoms with Crippen LogP contribution in [0.25, 0.3) is 17.0 Å². The summed E-state index contributed by atoms with van der Waals surface area (Å²) in [6.45, 7) is 4.50. The van der Waals surface area contributed by atoms with Crippen molar-refractivity contribution in [2.24, 2.45) is 5.92 Å². The van der Waals surface area contributed by atoms with Gasteiger partial charge in [-0.25, -0.2) is 4.98 Å². The van der Waals surface area contributed by atoms with E-state index in [2.05, 4.69) is 53.4 Å². The van der Waals surface area contributed by atoms with Crippen LogP contribution in [0.2, 0.25) is 0 Å². The van der Waals surface area contributed by atoms with Crippen LogP contribution in [0.4, 0.5) is 5.82 Å². The lowest BCUT2D eigenvalue weighted by Gasteiger charge is -2.34. The molecule has 168 valence electrons. The van der Waals surface area contributed by atoms with Gasteiger partial charge in [0.2, 0.25) is 0 Å². The number of carbonyl (C=O) groups is 1. The summed E-state index contributed by atoms with van der Waals surface area (Å²) in [5, 5.41) is 1.08. The Balaban J connectivity index is 1.42. The summed E-state index contributed by atoms with van der Waals surface area (Å²) in [6, 6.07) is 21.1. The number of thiocarbonyl (C=S) groups is 1. The van der Waals surface area contributed by atoms with Crippen molar-refractivity contribution in [3.63, 3.8) is 0 Å². The normalized spacial score (nSPS) is 18.6. The molecule has 2 aromatic carbocycles. The van der Waals surface area contributed by atoms with Crippen molar-refractivity contribution < 1.29 is 4.79 Å². The van der Waals surface area contributed by atoms with Gasteiger partial charge in [0.05, 0.1) is 10.4 Å². The number of carbonyl (C=O) groups excluding carboxylic acids is 1. The number of rotatable bonds is 5. The second-order valence-corrected chi connectivity index (χ2v) is 10.3. The Labute approximate surface area is 204 Å². The van der Waals surface area contributed by atoms with Gasteiger partial charge in [0.1, 0.15) is 10.1 Å². The van der Waals surface area contributed by atoms with E-state index >= 15 is 0 Å². The molecule has 0 bridgehead atoms. The number of fused-ring (bicyclic) bond motifs is 1. The number of amides is 1. The van der Waals surface area contributed by atoms with Gasteiger partial charge in [-0.1, -0.05) is 72.5 Å². The average molecular weight is 474 g/mol. The van der Waals surface area contributed by atoms with Crippen LogP contribution in [0, 0.1) is 5.92 Å². The summed E-state index contributed by atoms with van der Waals surface area (Å²) in [6.07, 6.45) is 5.40. The van der Waals surface area contributed by atoms with Crippen molar-refractivity contribution in [1.82, 2.24) is 9.88 Å². The molecule has 5 rings (SSSR count). The standard InChI is InChI=1S/C27H27N3OS2/c1-2-30-26(31)24(33-27(30)32)18-22-17-21-10-6-7-11-23(21)28-25(22)29-14-12-20(13-15-29)16-19-8-4-3-5-9-19/h3-11,17-18,20H,2,12-16H2,1H3/b24-18-. The van der Waals surface area contributed by atoms with E-state index in [-0.39, 0.29) is 5.91 Å². The number of para-hydroxylation sites is 1. The fraction of sp³-hybridized carbons (Fsp3) is 0.296. The molecule has 0 aliphatic carbocycles. The van der Waals surface area contributed by atoms with E-state index in [1.165, 1.54) is 17.3 Å². The van der Waals surface area contributed by atoms with Crippen LogP contribution in [-0.2, 0) is 11.2 Å². The van der Waals surface area contributed by atoms with Crippen molar-refractivity contribution in [2.75, 3.05) is 24.5 Å². The first kappa shape index (κ1) is 22.1. The van der Waals surface area contributed by atoms with E-state index in [4.69, 9.17) is 17.2 Å². The van der Waals surface area contributed by atoms with Crippen LogP contribution in [0.5, 0.6) is 0 Å². The minimum atomic E-state index is -0.00632. The minimum Gasteiger partial charge on any atom is -0.356 e. The highest BCUT2D eigenvalue weighted by Gasteiger charge is 2.31. The third-order valence-corrected chi connectivity index (χ3v) is 7.87. The maximum atomic E-state index is 12.8. The number of nitrogens with zero attached hydrogens (tertiary/aromatic N) is 3. The molecule has 1 amide bonds. The zero-order chi connectivity index (χ0) is 22.8. The molecule has 33 heavy (non-hydrogen) atoms. The van der Waals surface area contributed by atoms with Crippen LogP contribution in [0.1, 0.15) is 30.9 Å². The smallest absolute Gasteiger partial charge is 0.266 e. The Morgan fingerprint density at radius 1 is 1.09 bits per heavy atom. The van der Waals surface area contributed by atoms with Gasteiger partial charge in [-0.2, -0.15) is 0 Å². The Kier molecular flexibility index (Phi) is 6.47. The van der Waals surface area contributed by atoms with Crippen molar-refractivity contribution in [2.45, 2.75) is 26.2 Å². The molecule has 0 N–H and O–H groups in total. The molecule has 0 unspecified atom stereocenters. The Morgan fingerprint density at radius 2 is 1.82 bits per heavy atom. The van der Waals surface area contributed by atoms with Crippen LogP contribution in [0.15, 0.2) is 65.6 Å². The molecule has 2 saturated heterocycles. The first-order valence-electron chi connectivity index (χ1n) is 11.6. The minimum absolute atomic E-state index is 0.00632. The molecule has 3 aromatic rings. The lowest BCUT2D eigenvalue weighted by molar-refractivity contribution is -0.121. The number of hydrogen-bond donors (Lipinski definition) is 0. The number of pyridine rings is 1. The van der Waals surface area contributed by atoms with Gasteiger partial charge >= 0.3 is 0 Å². The van der Waals surface area contributed by atoms with Crippen molar-refractivity contribution in [1.29, 1.82) is 0 Å². The largest absolute Gasteiger partial charge is 0.356 e. The first-order chi connectivity index (χ1) is 16.1. The predicted octanol–water partition coefficient (Wildman–Crippen LogP) is 5.92. The lowest BCUT2D eigenvalue weighted by atomic mass is 9.90. The van der Waals surface area contributed by atoms with Gasteiger partial charge < -0.3 is 4.90 Å². The average Bonchev–Trinajstić information content (AvgIpc) is 3.11. The molecule has 1 aromatic heterocycles. The number of benzene rings is 2. The quantitative estimate of drug-likeness (QED) is 0.340. The number of hydrogen-bond acceptors (Lipinski definition) is 5. The highest BCUT2D eigenvalue weighted by Crippen LogP contribution is 2.36. The second kappa shape index (κ2) is 9.65. The fourth-order valence-electron chi connectivity index (χ4n) is 4.69. The Morgan fingerprint density at radius 3 is 2.55 bits per heavy atom. The number of thioether (sulfide) groups is 1. The summed E-state index contributed by atoms with van der Waals surface area (Å²) in [7, 11) is 0. The molecule has 6 heteroatoms. The highest BCUT2D eigenvalue weighted by atomic mass is 32.2. The van der Waals surface area contributed by atoms with Gasteiger partial charge in [-0.05, 0) is 55.9 Å². The van der Waals surface area contributed by atoms with Crippen LogP contribution < -0.4 is 4.90 Å². The maximum Gasteiger partial charge on any atom is 0.266 e. The van der Waals surface area contributed by atoms with E-state index in [1.54, 1.807) is 4.90 Å². The molecular formula is C27H27N3OS2. The van der Waals surface area contributed by atoms with Gasteiger partial charge in [0.25, 0.3) is 5.91 Å². The lowest BCUT2D eigenvalue weighted by Crippen LogP contribution is -2.35. The van der Waals surface area contributed by atoms with E-state index < -0.39 is 0 Å². The van der Waals surface area contributed by atoms with E-state index in [0.717, 1.165) is 54.6 Å². The third-order valence-electron chi connectivity index (χ3n) is 6.49. The summed E-state index contributed by atoms with van der Waals surface area (Å²) in [5.74, 6) is 1.65. The Bertz CT molecular complexity index is 1220. The molecule has 4 nitrogen and oxygen atoms in total. The van der Waals surface area contributed by atoms with E-state index in [0.29, 0.717) is 21.7 Å². The first-order valence-corrected chi connectivity index (χ1v) is 12.8. The number of aromatic nitrogens is 1. The number of anilines is 1. The number of piperidine rings is 1. The molecule has 2 aliphatic heterocycles. The molecule has 0 radical (unpaired) electrons. The third kappa shape index (κ3) is 4.68. The zero-order valence-electron chi connectivity index (χ0n) is 18.7. The summed E-state index contributed by atoms with van der Waals surface area (Å²) in [5.41, 5.74) is 3.39. The van der Waals surface area contributed by atoms with Gasteiger partial charge in [-0.15, -0.1) is 0 Å². The van der Waals surface area contributed by atoms with Crippen LogP contribution in [-0.4, -0.2) is 39.7 Å². The van der Waals surface area contributed by atoms with Crippen molar-refractivity contribution in [3.05, 3.63) is 76.7 Å². The van der Waals surface area contributed by atoms with Gasteiger partial charge in [-0.3, -0.25) is 9.69 Å². The number of likely N-dealkylation sites (N-methyl/N-ethyl adjacent to an activating group) is 1. The highest BCUT2D eigenvalue weighted by molar-refractivity contribution is 8.26. The summed E-state index contributed by atoms with van der Waals surface area (Å²) >= 11 is 6.80. The maximum absolute atomic E-state index is 12.8. The van der Waals surface area contributed by atoms with Crippen LogP contribution in [0.3, 0.4) is 0 Å². The van der Waals surface area contributed by atoms with Gasteiger partial charge in [0, 0.05) is 30.6 Å². The van der Waals surface area contributed by atoms with Crippen LogP contribution >= 0.6 is 24.0 Å². The second-order valence-electron chi connectivity index (χ2n) is 8.64. The Hall–Kier alpha value is -2.70. The fourth-order valence-corrected chi connectivity index (χ4v) is 6.07.